The minimum Gasteiger partial charge on any atom is -0.342 e. The normalized spacial score (nSPS) is 29.8. The van der Waals surface area contributed by atoms with Crippen LogP contribution in [0.2, 0.25) is 0 Å². The summed E-state index contributed by atoms with van der Waals surface area (Å²) in [5.74, 6) is 1.86. The molecular formula is C13H22N4. The molecular weight excluding hydrogens is 212 g/mol. The van der Waals surface area contributed by atoms with Crippen molar-refractivity contribution in [2.24, 2.45) is 5.92 Å². The Kier molecular flexibility index (Phi) is 3.05. The van der Waals surface area contributed by atoms with Crippen LogP contribution >= 0.6 is 0 Å². The number of rotatable bonds is 2. The number of aryl methyl sites for hydroxylation is 1. The highest BCUT2D eigenvalue weighted by atomic mass is 15.3. The molecule has 94 valence electrons. The third kappa shape index (κ3) is 2.32. The summed E-state index contributed by atoms with van der Waals surface area (Å²) >= 11 is 0. The number of anilines is 1. The molecule has 1 aromatic heterocycles. The Bertz CT molecular complexity index is 367. The molecule has 3 heterocycles. The van der Waals surface area contributed by atoms with E-state index in [1.165, 1.54) is 32.2 Å². The number of aromatic nitrogens is 2. The molecule has 2 saturated heterocycles. The fraction of sp³-hybridized carbons (Fsp3) is 0.769. The van der Waals surface area contributed by atoms with Gasteiger partial charge in [0.2, 0.25) is 5.95 Å². The number of H-pyrrole nitrogens is 1. The summed E-state index contributed by atoms with van der Waals surface area (Å²) in [7, 11) is 0. The molecule has 4 heteroatoms. The Morgan fingerprint density at radius 2 is 2.29 bits per heavy atom. The predicted molar refractivity (Wildman–Crippen MR) is 69.3 cm³/mol. The first-order valence-electron chi connectivity index (χ1n) is 6.83. The van der Waals surface area contributed by atoms with Crippen LogP contribution < -0.4 is 10.2 Å². The fourth-order valence-corrected chi connectivity index (χ4v) is 3.20. The zero-order valence-corrected chi connectivity index (χ0v) is 10.6. The Balaban J connectivity index is 1.66. The summed E-state index contributed by atoms with van der Waals surface area (Å²) in [6.45, 7) is 5.58. The Hall–Kier alpha value is -1.03. The number of piperidine rings is 1. The van der Waals surface area contributed by atoms with Crippen LogP contribution in [-0.4, -0.2) is 35.6 Å². The van der Waals surface area contributed by atoms with Crippen molar-refractivity contribution in [3.63, 3.8) is 0 Å². The second kappa shape index (κ2) is 4.69. The van der Waals surface area contributed by atoms with E-state index in [0.29, 0.717) is 0 Å². The summed E-state index contributed by atoms with van der Waals surface area (Å²) in [6.07, 6.45) is 7.29. The van der Waals surface area contributed by atoms with E-state index < -0.39 is 0 Å². The molecule has 2 aliphatic heterocycles. The van der Waals surface area contributed by atoms with Crippen molar-refractivity contribution in [1.29, 1.82) is 0 Å². The van der Waals surface area contributed by atoms with Gasteiger partial charge in [0.05, 0.1) is 0 Å². The highest BCUT2D eigenvalue weighted by molar-refractivity contribution is 5.32. The van der Waals surface area contributed by atoms with E-state index >= 15 is 0 Å². The van der Waals surface area contributed by atoms with Crippen molar-refractivity contribution in [2.75, 3.05) is 24.5 Å². The van der Waals surface area contributed by atoms with E-state index in [-0.39, 0.29) is 0 Å². The van der Waals surface area contributed by atoms with Gasteiger partial charge in [-0.2, -0.15) is 0 Å². The highest BCUT2D eigenvalue weighted by Gasteiger charge is 2.29. The van der Waals surface area contributed by atoms with Crippen LogP contribution in [0.5, 0.6) is 0 Å². The molecule has 3 rings (SSSR count). The summed E-state index contributed by atoms with van der Waals surface area (Å²) in [4.78, 5) is 10.2. The van der Waals surface area contributed by atoms with Gasteiger partial charge in [0.25, 0.3) is 0 Å². The van der Waals surface area contributed by atoms with Crippen LogP contribution in [0.4, 0.5) is 5.95 Å². The van der Waals surface area contributed by atoms with Crippen molar-refractivity contribution in [3.05, 3.63) is 11.9 Å². The number of hydrogen-bond acceptors (Lipinski definition) is 3. The Morgan fingerprint density at radius 1 is 1.35 bits per heavy atom. The smallest absolute Gasteiger partial charge is 0.202 e. The van der Waals surface area contributed by atoms with Crippen molar-refractivity contribution < 1.29 is 0 Å². The predicted octanol–water partition coefficient (Wildman–Crippen LogP) is 1.69. The van der Waals surface area contributed by atoms with Crippen LogP contribution in [0.3, 0.4) is 0 Å². The molecule has 0 spiro atoms. The molecule has 2 aliphatic rings. The monoisotopic (exact) mass is 234 g/mol. The van der Waals surface area contributed by atoms with E-state index in [9.17, 15) is 0 Å². The fourth-order valence-electron chi connectivity index (χ4n) is 3.20. The molecule has 0 aliphatic carbocycles. The molecule has 2 N–H and O–H groups in total. The third-order valence-electron chi connectivity index (χ3n) is 4.11. The summed E-state index contributed by atoms with van der Waals surface area (Å²) < 4.78 is 0. The number of nitrogens with one attached hydrogen (secondary N) is 2. The maximum atomic E-state index is 4.45. The lowest BCUT2D eigenvalue weighted by molar-refractivity contribution is 0.327. The van der Waals surface area contributed by atoms with Gasteiger partial charge in [-0.05, 0) is 45.1 Å². The molecule has 2 atom stereocenters. The molecule has 2 unspecified atom stereocenters. The van der Waals surface area contributed by atoms with Gasteiger partial charge in [-0.3, -0.25) is 0 Å². The molecule has 0 radical (unpaired) electrons. The molecule has 0 bridgehead atoms. The molecule has 2 fully saturated rings. The number of imidazole rings is 1. The first-order chi connectivity index (χ1) is 8.33. The second-order valence-corrected chi connectivity index (χ2v) is 5.44. The van der Waals surface area contributed by atoms with Gasteiger partial charge in [-0.15, -0.1) is 0 Å². The largest absolute Gasteiger partial charge is 0.342 e. The maximum Gasteiger partial charge on any atom is 0.202 e. The number of nitrogens with zero attached hydrogens (tertiary/aromatic N) is 2. The van der Waals surface area contributed by atoms with Crippen molar-refractivity contribution in [2.45, 2.75) is 38.6 Å². The SMILES string of the molecule is Cc1cnc(N2CCCC(C3CCCN3)C2)[nH]1. The zero-order chi connectivity index (χ0) is 11.7. The lowest BCUT2D eigenvalue weighted by atomic mass is 9.90. The summed E-state index contributed by atoms with van der Waals surface area (Å²) in [5, 5.41) is 3.65. The van der Waals surface area contributed by atoms with Gasteiger partial charge in [0.1, 0.15) is 0 Å². The maximum absolute atomic E-state index is 4.45. The van der Waals surface area contributed by atoms with Crippen LogP contribution in [-0.2, 0) is 0 Å². The Labute approximate surface area is 103 Å². The molecule has 0 aromatic carbocycles. The zero-order valence-electron chi connectivity index (χ0n) is 10.6. The van der Waals surface area contributed by atoms with E-state index in [4.69, 9.17) is 0 Å². The average Bonchev–Trinajstić information content (AvgIpc) is 3.00. The molecule has 1 aromatic rings. The van der Waals surface area contributed by atoms with Crippen LogP contribution in [0.25, 0.3) is 0 Å². The summed E-state index contributed by atoms with van der Waals surface area (Å²) in [6, 6.07) is 0.744. The first-order valence-corrected chi connectivity index (χ1v) is 6.83. The van der Waals surface area contributed by atoms with Gasteiger partial charge >= 0.3 is 0 Å². The van der Waals surface area contributed by atoms with Gasteiger partial charge in [-0.25, -0.2) is 4.98 Å². The number of aromatic amines is 1. The van der Waals surface area contributed by atoms with E-state index in [1.807, 2.05) is 6.20 Å². The molecule has 17 heavy (non-hydrogen) atoms. The van der Waals surface area contributed by atoms with Crippen LogP contribution in [0.1, 0.15) is 31.4 Å². The van der Waals surface area contributed by atoms with Gasteiger partial charge in [-0.1, -0.05) is 0 Å². The minimum atomic E-state index is 0.744. The lowest BCUT2D eigenvalue weighted by Gasteiger charge is -2.35. The highest BCUT2D eigenvalue weighted by Crippen LogP contribution is 2.26. The Morgan fingerprint density at radius 3 is 3.00 bits per heavy atom. The van der Waals surface area contributed by atoms with Gasteiger partial charge < -0.3 is 15.2 Å². The van der Waals surface area contributed by atoms with Crippen molar-refractivity contribution >= 4 is 5.95 Å². The minimum absolute atomic E-state index is 0.744. The second-order valence-electron chi connectivity index (χ2n) is 5.44. The summed E-state index contributed by atoms with van der Waals surface area (Å²) in [5.41, 5.74) is 1.15. The standard InChI is InChI=1S/C13H22N4/c1-10-8-15-13(16-10)17-7-3-4-11(9-17)12-5-2-6-14-12/h8,11-12,14H,2-7,9H2,1H3,(H,15,16). The van der Waals surface area contributed by atoms with Crippen LogP contribution in [0.15, 0.2) is 6.20 Å². The topological polar surface area (TPSA) is 44.0 Å². The average molecular weight is 234 g/mol. The van der Waals surface area contributed by atoms with Crippen LogP contribution in [0, 0.1) is 12.8 Å². The van der Waals surface area contributed by atoms with Crippen molar-refractivity contribution in [1.82, 2.24) is 15.3 Å². The molecule has 0 saturated carbocycles. The van der Waals surface area contributed by atoms with E-state index in [1.54, 1.807) is 0 Å². The van der Waals surface area contributed by atoms with E-state index in [2.05, 4.69) is 27.1 Å². The van der Waals surface area contributed by atoms with Gasteiger partial charge in [0.15, 0.2) is 0 Å². The van der Waals surface area contributed by atoms with E-state index in [0.717, 1.165) is 36.7 Å². The molecule has 0 amide bonds. The first kappa shape index (κ1) is 11.1. The quantitative estimate of drug-likeness (QED) is 0.818. The van der Waals surface area contributed by atoms with Crippen molar-refractivity contribution in [3.8, 4) is 0 Å². The number of hydrogen-bond donors (Lipinski definition) is 2. The third-order valence-corrected chi connectivity index (χ3v) is 4.11. The lowest BCUT2D eigenvalue weighted by Crippen LogP contribution is -2.43. The van der Waals surface area contributed by atoms with Gasteiger partial charge in [0, 0.05) is 31.0 Å². The molecule has 4 nitrogen and oxygen atoms in total.